The maximum Gasteiger partial charge on any atom is 0.306 e. The molecule has 11 heteroatoms. The molecule has 5 rings (SSSR count). The third kappa shape index (κ3) is 5.48. The van der Waals surface area contributed by atoms with Crippen LogP contribution in [0.3, 0.4) is 0 Å². The number of carbonyl (C=O) groups excluding carboxylic acids is 2. The highest BCUT2D eigenvalue weighted by Gasteiger charge is 2.49. The van der Waals surface area contributed by atoms with Crippen LogP contribution in [-0.4, -0.2) is 56.4 Å². The summed E-state index contributed by atoms with van der Waals surface area (Å²) in [6.45, 7) is 7.42. The van der Waals surface area contributed by atoms with Crippen LogP contribution < -0.4 is 5.32 Å². The van der Waals surface area contributed by atoms with E-state index in [1.165, 1.54) is 0 Å². The van der Waals surface area contributed by atoms with Gasteiger partial charge in [0.15, 0.2) is 0 Å². The van der Waals surface area contributed by atoms with Crippen LogP contribution in [0.1, 0.15) is 63.8 Å². The maximum absolute atomic E-state index is 13.9. The first-order valence-corrected chi connectivity index (χ1v) is 12.9. The van der Waals surface area contributed by atoms with Gasteiger partial charge in [-0.2, -0.15) is 4.98 Å². The first kappa shape index (κ1) is 26.7. The SMILES string of the molecule is Cc1ccc(-c2noc(C3CC(F)(F)C3)n2)cc1NC(=O)C1(CCC(=O)OC(C)(C)C)CN=C2C=CC=CN21. The number of anilines is 1. The van der Waals surface area contributed by atoms with Gasteiger partial charge in [0.05, 0.1) is 6.54 Å². The van der Waals surface area contributed by atoms with Crippen LogP contribution in [0.2, 0.25) is 0 Å². The summed E-state index contributed by atoms with van der Waals surface area (Å²) in [6, 6.07) is 5.32. The molecule has 1 saturated carbocycles. The second-order valence-corrected chi connectivity index (χ2v) is 11.3. The minimum Gasteiger partial charge on any atom is -0.460 e. The fraction of sp³-hybridized carbons (Fsp3) is 0.464. The molecular formula is C28H31F2N5O4. The van der Waals surface area contributed by atoms with E-state index >= 15 is 0 Å². The van der Waals surface area contributed by atoms with Crippen LogP contribution in [-0.2, 0) is 14.3 Å². The molecule has 1 fully saturated rings. The molecule has 1 atom stereocenters. The van der Waals surface area contributed by atoms with Crippen molar-refractivity contribution in [2.75, 3.05) is 11.9 Å². The van der Waals surface area contributed by atoms with Gasteiger partial charge in [-0.3, -0.25) is 14.6 Å². The Kier molecular flexibility index (Phi) is 6.64. The Morgan fingerprint density at radius 1 is 1.23 bits per heavy atom. The van der Waals surface area contributed by atoms with Crippen molar-refractivity contribution in [2.45, 2.75) is 76.4 Å². The highest BCUT2D eigenvalue weighted by atomic mass is 19.3. The summed E-state index contributed by atoms with van der Waals surface area (Å²) < 4.78 is 37.3. The van der Waals surface area contributed by atoms with Crippen LogP contribution in [0.25, 0.3) is 11.4 Å². The van der Waals surface area contributed by atoms with Gasteiger partial charge < -0.3 is 19.5 Å². The van der Waals surface area contributed by atoms with E-state index in [0.29, 0.717) is 17.1 Å². The average molecular weight is 540 g/mol. The van der Waals surface area contributed by atoms with Crippen LogP contribution in [0.5, 0.6) is 0 Å². The number of aryl methyl sites for hydroxylation is 1. The summed E-state index contributed by atoms with van der Waals surface area (Å²) in [5.41, 5.74) is 0.128. The number of fused-ring (bicyclic) bond motifs is 1. The number of aliphatic imine (C=N–C) groups is 1. The summed E-state index contributed by atoms with van der Waals surface area (Å²) in [5, 5.41) is 6.99. The third-order valence-electron chi connectivity index (χ3n) is 7.01. The molecule has 0 saturated heterocycles. The molecule has 39 heavy (non-hydrogen) atoms. The molecule has 0 bridgehead atoms. The molecular weight excluding hydrogens is 508 g/mol. The van der Waals surface area contributed by atoms with Crippen molar-refractivity contribution in [1.29, 1.82) is 0 Å². The molecule has 1 unspecified atom stereocenters. The highest BCUT2D eigenvalue weighted by molar-refractivity contribution is 6.07. The van der Waals surface area contributed by atoms with Gasteiger partial charge in [0, 0.05) is 42.6 Å². The number of esters is 1. The van der Waals surface area contributed by atoms with Gasteiger partial charge >= 0.3 is 5.97 Å². The molecule has 2 aliphatic heterocycles. The fourth-order valence-corrected chi connectivity index (χ4v) is 4.90. The lowest BCUT2D eigenvalue weighted by Crippen LogP contribution is -2.55. The maximum atomic E-state index is 13.9. The molecule has 0 radical (unpaired) electrons. The predicted octanol–water partition coefficient (Wildman–Crippen LogP) is 5.15. The van der Waals surface area contributed by atoms with Gasteiger partial charge in [-0.1, -0.05) is 23.4 Å². The van der Waals surface area contributed by atoms with E-state index in [1.807, 2.05) is 31.2 Å². The summed E-state index contributed by atoms with van der Waals surface area (Å²) >= 11 is 0. The summed E-state index contributed by atoms with van der Waals surface area (Å²) in [5.74, 6) is -2.79. The second kappa shape index (κ2) is 9.69. The van der Waals surface area contributed by atoms with Gasteiger partial charge in [-0.05, 0) is 57.9 Å². The molecule has 9 nitrogen and oxygen atoms in total. The first-order valence-electron chi connectivity index (χ1n) is 12.9. The number of amides is 1. The number of nitrogens with zero attached hydrogens (tertiary/aromatic N) is 4. The number of carbonyl (C=O) groups is 2. The zero-order valence-electron chi connectivity index (χ0n) is 22.3. The Balaban J connectivity index is 1.36. The number of amidine groups is 1. The van der Waals surface area contributed by atoms with Gasteiger partial charge in [-0.15, -0.1) is 0 Å². The molecule has 1 N–H and O–H groups in total. The molecule has 1 aliphatic carbocycles. The molecule has 1 aromatic carbocycles. The Morgan fingerprint density at radius 2 is 2.00 bits per heavy atom. The Bertz CT molecular complexity index is 1380. The topological polar surface area (TPSA) is 110 Å². The van der Waals surface area contributed by atoms with E-state index in [9.17, 15) is 18.4 Å². The number of aromatic nitrogens is 2. The number of alkyl halides is 2. The standard InChI is InChI=1S/C28H31F2N5O4/c1-17-8-9-18(23-33-24(39-34-23)19-14-28(29,30)15-19)13-20(17)32-25(37)27(11-10-22(36)38-26(2,3)4)16-31-21-7-5-6-12-35(21)27/h5-9,12-13,19H,10-11,14-16H2,1-4H3,(H,32,37). The summed E-state index contributed by atoms with van der Waals surface area (Å²) in [6.07, 6.45) is 6.88. The van der Waals surface area contributed by atoms with Crippen LogP contribution in [0.4, 0.5) is 14.5 Å². The quantitative estimate of drug-likeness (QED) is 0.484. The normalized spacial score (nSPS) is 21.8. The van der Waals surface area contributed by atoms with Crippen molar-refractivity contribution in [2.24, 2.45) is 4.99 Å². The van der Waals surface area contributed by atoms with Crippen molar-refractivity contribution < 1.29 is 27.6 Å². The van der Waals surface area contributed by atoms with Crippen molar-refractivity contribution >= 4 is 23.4 Å². The van der Waals surface area contributed by atoms with Crippen LogP contribution >= 0.6 is 0 Å². The number of nitrogens with one attached hydrogen (secondary N) is 1. The lowest BCUT2D eigenvalue weighted by atomic mass is 9.81. The first-order chi connectivity index (χ1) is 18.4. The Hall–Kier alpha value is -3.89. The number of rotatable bonds is 7. The monoisotopic (exact) mass is 539 g/mol. The number of halogens is 2. The van der Waals surface area contributed by atoms with Crippen molar-refractivity contribution in [3.63, 3.8) is 0 Å². The van der Waals surface area contributed by atoms with E-state index in [1.54, 1.807) is 44.0 Å². The lowest BCUT2D eigenvalue weighted by molar-refractivity contribution is -0.155. The molecule has 2 aromatic rings. The Morgan fingerprint density at radius 3 is 2.72 bits per heavy atom. The minimum atomic E-state index is -2.69. The van der Waals surface area contributed by atoms with Crippen LogP contribution in [0, 0.1) is 6.92 Å². The van der Waals surface area contributed by atoms with Crippen molar-refractivity contribution in [3.8, 4) is 11.4 Å². The molecule has 3 aliphatic rings. The van der Waals surface area contributed by atoms with Crippen molar-refractivity contribution in [1.82, 2.24) is 15.0 Å². The van der Waals surface area contributed by atoms with E-state index in [4.69, 9.17) is 9.26 Å². The minimum absolute atomic E-state index is 0.0341. The summed E-state index contributed by atoms with van der Waals surface area (Å²) in [4.78, 5) is 37.2. The third-order valence-corrected chi connectivity index (χ3v) is 7.01. The van der Waals surface area contributed by atoms with E-state index in [-0.39, 0.29) is 49.9 Å². The predicted molar refractivity (Wildman–Crippen MR) is 140 cm³/mol. The highest BCUT2D eigenvalue weighted by Crippen LogP contribution is 2.48. The zero-order chi connectivity index (χ0) is 28.0. The van der Waals surface area contributed by atoms with Gasteiger partial charge in [0.25, 0.3) is 5.91 Å². The van der Waals surface area contributed by atoms with Crippen molar-refractivity contribution in [3.05, 3.63) is 54.1 Å². The molecule has 206 valence electrons. The number of ether oxygens (including phenoxy) is 1. The molecule has 3 heterocycles. The largest absolute Gasteiger partial charge is 0.460 e. The van der Waals surface area contributed by atoms with E-state index in [0.717, 1.165) is 5.56 Å². The number of hydrogen-bond donors (Lipinski definition) is 1. The average Bonchev–Trinajstić information content (AvgIpc) is 3.48. The number of benzene rings is 1. The van der Waals surface area contributed by atoms with Gasteiger partial charge in [0.2, 0.25) is 17.6 Å². The van der Waals surface area contributed by atoms with E-state index < -0.39 is 28.9 Å². The zero-order valence-corrected chi connectivity index (χ0v) is 22.3. The fourth-order valence-electron chi connectivity index (χ4n) is 4.90. The number of allylic oxidation sites excluding steroid dienone is 2. The lowest BCUT2D eigenvalue weighted by Gasteiger charge is -2.37. The molecule has 0 spiro atoms. The Labute approximate surface area is 225 Å². The smallest absolute Gasteiger partial charge is 0.306 e. The number of hydrogen-bond acceptors (Lipinski definition) is 8. The second-order valence-electron chi connectivity index (χ2n) is 11.3. The molecule has 1 amide bonds. The summed E-state index contributed by atoms with van der Waals surface area (Å²) in [7, 11) is 0. The van der Waals surface area contributed by atoms with Crippen LogP contribution in [0.15, 0.2) is 52.1 Å². The van der Waals surface area contributed by atoms with Gasteiger partial charge in [0.1, 0.15) is 17.0 Å². The van der Waals surface area contributed by atoms with E-state index in [2.05, 4.69) is 20.4 Å². The van der Waals surface area contributed by atoms with Gasteiger partial charge in [-0.25, -0.2) is 8.78 Å². The molecule has 1 aromatic heterocycles.